The second-order valence-electron chi connectivity index (χ2n) is 12.7. The number of nitrogens with two attached hydrogens (primary N) is 1. The number of hydrogen-bond donors (Lipinski definition) is 3. The lowest BCUT2D eigenvalue weighted by Gasteiger charge is -2.50. The Labute approximate surface area is 301 Å². The fraction of sp³-hybridized carbons (Fsp3) is 0.343. The summed E-state index contributed by atoms with van der Waals surface area (Å²) >= 11 is 2.42. The summed E-state index contributed by atoms with van der Waals surface area (Å²) in [7, 11) is 0. The zero-order valence-electron chi connectivity index (χ0n) is 27.4. The van der Waals surface area contributed by atoms with Crippen molar-refractivity contribution in [2.24, 2.45) is 5.16 Å². The Hall–Kier alpha value is -5.22. The molecule has 14 nitrogen and oxygen atoms in total. The smallest absolute Gasteiger partial charge is 0.276 e. The SMILES string of the molecule is Nc1nc(/C(=N/OC2CCCC2)C(=O)N[C@@H]2C(=O)N3C(C(=O)[O-])=C(/C=C4\CCN(Cc5cc[n+](Cc6cccc(O)c6)cc5)C4=O)CS[C@H]23)cs1. The number of thiazole rings is 1. The van der Waals surface area contributed by atoms with Crippen LogP contribution in [0.1, 0.15) is 48.9 Å². The maximum absolute atomic E-state index is 13.4. The largest absolute Gasteiger partial charge is 0.543 e. The Morgan fingerprint density at radius 3 is 2.67 bits per heavy atom. The third-order valence-electron chi connectivity index (χ3n) is 9.22. The van der Waals surface area contributed by atoms with Crippen LogP contribution in [0.5, 0.6) is 5.75 Å². The number of fused-ring (bicyclic) bond motifs is 1. The number of rotatable bonds is 11. The van der Waals surface area contributed by atoms with Crippen molar-refractivity contribution in [3.8, 4) is 5.75 Å². The quantitative estimate of drug-likeness (QED) is 0.0849. The Morgan fingerprint density at radius 2 is 1.96 bits per heavy atom. The van der Waals surface area contributed by atoms with Gasteiger partial charge in [-0.25, -0.2) is 9.55 Å². The Kier molecular flexibility index (Phi) is 9.77. The van der Waals surface area contributed by atoms with Gasteiger partial charge in [0.25, 0.3) is 11.8 Å². The van der Waals surface area contributed by atoms with Crippen molar-refractivity contribution in [2.75, 3.05) is 18.0 Å². The standard InChI is InChI=1S/C35H35N7O7S2/c36-35-37-26(19-51-35)27(39-49-25-6-1-2-7-25)30(44)38-28-32(46)42-29(34(47)48)23(18-50-33(28)42)15-22-10-13-41(31(22)45)17-20-8-11-40(12-9-20)16-21-4-3-5-24(43)14-21/h3-5,8-9,11-12,14-15,19,25,28,33H,1-2,6-7,10,13,16-18H2,(H4-,36,37,38,43,44,47,48)/b22-15+,39-27-/t28-,33-/m1/s1. The molecule has 0 spiro atoms. The van der Waals surface area contributed by atoms with E-state index in [1.807, 2.05) is 35.2 Å². The number of aliphatic carboxylic acids is 1. The molecule has 0 radical (unpaired) electrons. The lowest BCUT2D eigenvalue weighted by atomic mass is 10.0. The second-order valence-corrected chi connectivity index (χ2v) is 14.7. The molecule has 264 valence electrons. The maximum atomic E-state index is 13.4. The van der Waals surface area contributed by atoms with Crippen molar-refractivity contribution in [2.45, 2.75) is 62.7 Å². The van der Waals surface area contributed by atoms with E-state index in [2.05, 4.69) is 15.5 Å². The molecule has 2 saturated heterocycles. The normalized spacial score (nSPS) is 21.6. The van der Waals surface area contributed by atoms with Gasteiger partial charge < -0.3 is 35.8 Å². The van der Waals surface area contributed by atoms with Crippen LogP contribution in [-0.4, -0.2) is 79.1 Å². The number of thioether (sulfide) groups is 1. The van der Waals surface area contributed by atoms with E-state index in [-0.39, 0.29) is 45.7 Å². The number of oxime groups is 1. The van der Waals surface area contributed by atoms with Gasteiger partial charge in [0.05, 0.1) is 11.7 Å². The summed E-state index contributed by atoms with van der Waals surface area (Å²) in [5.41, 5.74) is 8.22. The molecule has 2 aromatic heterocycles. The summed E-state index contributed by atoms with van der Waals surface area (Å²) in [5, 5.41) is 30.0. The minimum absolute atomic E-state index is 0.115. The number of aromatic hydroxyl groups is 1. The Morgan fingerprint density at radius 1 is 1.18 bits per heavy atom. The van der Waals surface area contributed by atoms with Gasteiger partial charge in [0, 0.05) is 47.5 Å². The molecule has 3 fully saturated rings. The summed E-state index contributed by atoms with van der Waals surface area (Å²) in [5.74, 6) is -2.66. The van der Waals surface area contributed by atoms with E-state index in [9.17, 15) is 29.4 Å². The van der Waals surface area contributed by atoms with Crippen LogP contribution >= 0.6 is 23.1 Å². The van der Waals surface area contributed by atoms with Crippen LogP contribution in [0, 0.1) is 0 Å². The fourth-order valence-corrected chi connectivity index (χ4v) is 8.48. The van der Waals surface area contributed by atoms with E-state index in [1.54, 1.807) is 34.6 Å². The number of carboxylic acid groups (broad SMARTS) is 1. The first-order chi connectivity index (χ1) is 24.6. The number of carbonyl (C=O) groups is 4. The minimum atomic E-state index is -1.54. The van der Waals surface area contributed by atoms with Crippen molar-refractivity contribution in [3.63, 3.8) is 0 Å². The first-order valence-corrected chi connectivity index (χ1v) is 18.5. The van der Waals surface area contributed by atoms with Gasteiger partial charge in [-0.05, 0) is 61.4 Å². The molecule has 2 atom stereocenters. The Bertz CT molecular complexity index is 1970. The average Bonchev–Trinajstić information content (AvgIpc) is 3.87. The van der Waals surface area contributed by atoms with Gasteiger partial charge in [-0.1, -0.05) is 17.3 Å². The zero-order valence-corrected chi connectivity index (χ0v) is 29.0. The molecule has 16 heteroatoms. The molecule has 1 aliphatic carbocycles. The minimum Gasteiger partial charge on any atom is -0.543 e. The number of allylic oxidation sites excluding steroid dienone is 1. The van der Waals surface area contributed by atoms with Gasteiger partial charge in [0.15, 0.2) is 29.8 Å². The number of carboxylic acids is 1. The molecule has 4 N–H and O–H groups in total. The predicted octanol–water partition coefficient (Wildman–Crippen LogP) is 1.19. The van der Waals surface area contributed by atoms with Crippen molar-refractivity contribution < 1.29 is 38.8 Å². The highest BCUT2D eigenvalue weighted by molar-refractivity contribution is 8.00. The highest BCUT2D eigenvalue weighted by Crippen LogP contribution is 2.41. The van der Waals surface area contributed by atoms with E-state index in [1.165, 1.54) is 11.8 Å². The molecule has 3 amide bonds. The van der Waals surface area contributed by atoms with Crippen LogP contribution in [0.2, 0.25) is 0 Å². The van der Waals surface area contributed by atoms with Crippen molar-refractivity contribution >= 4 is 57.6 Å². The number of pyridine rings is 1. The van der Waals surface area contributed by atoms with Crippen LogP contribution in [-0.2, 0) is 37.1 Å². The summed E-state index contributed by atoms with van der Waals surface area (Å²) in [6.45, 7) is 1.42. The van der Waals surface area contributed by atoms with Gasteiger partial charge in [-0.2, -0.15) is 0 Å². The number of hydrogen-bond acceptors (Lipinski definition) is 12. The first-order valence-electron chi connectivity index (χ1n) is 16.6. The van der Waals surface area contributed by atoms with Crippen LogP contribution in [0.15, 0.2) is 82.2 Å². The molecule has 7 rings (SSSR count). The number of phenolic OH excluding ortho intramolecular Hbond substituents is 1. The van der Waals surface area contributed by atoms with Crippen LogP contribution in [0.4, 0.5) is 5.13 Å². The molecular formula is C35H35N7O7S2. The molecule has 3 aromatic rings. The number of aromatic nitrogens is 2. The van der Waals surface area contributed by atoms with Gasteiger partial charge in [-0.15, -0.1) is 23.1 Å². The molecule has 3 aliphatic heterocycles. The number of phenols is 1. The van der Waals surface area contributed by atoms with Crippen LogP contribution < -0.4 is 20.7 Å². The fourth-order valence-electron chi connectivity index (χ4n) is 6.62. The first kappa shape index (κ1) is 34.2. The maximum Gasteiger partial charge on any atom is 0.276 e. The third kappa shape index (κ3) is 7.32. The highest BCUT2D eigenvalue weighted by atomic mass is 32.2. The van der Waals surface area contributed by atoms with Gasteiger partial charge in [0.2, 0.25) is 5.91 Å². The molecular weight excluding hydrogens is 695 g/mol. The number of amides is 3. The highest BCUT2D eigenvalue weighted by Gasteiger charge is 2.53. The number of nitrogen functional groups attached to an aromatic ring is 1. The van der Waals surface area contributed by atoms with Gasteiger partial charge in [-0.3, -0.25) is 19.3 Å². The number of β-lactam (4-membered cyclic amide) rings is 1. The molecule has 1 saturated carbocycles. The third-order valence-corrected chi connectivity index (χ3v) is 11.2. The van der Waals surface area contributed by atoms with Crippen molar-refractivity contribution in [1.29, 1.82) is 0 Å². The van der Waals surface area contributed by atoms with Gasteiger partial charge in [0.1, 0.15) is 29.0 Å². The topological polar surface area (TPSA) is 194 Å². The second kappa shape index (κ2) is 14.6. The zero-order chi connectivity index (χ0) is 35.6. The molecule has 51 heavy (non-hydrogen) atoms. The lowest BCUT2D eigenvalue weighted by Crippen LogP contribution is -2.71. The molecule has 4 aliphatic rings. The monoisotopic (exact) mass is 729 g/mol. The predicted molar refractivity (Wildman–Crippen MR) is 185 cm³/mol. The van der Waals surface area contributed by atoms with E-state index >= 15 is 0 Å². The molecule has 1 aromatic carbocycles. The van der Waals surface area contributed by atoms with Crippen molar-refractivity contribution in [3.05, 3.63) is 93.9 Å². The number of nitrogens with one attached hydrogen (secondary N) is 1. The summed E-state index contributed by atoms with van der Waals surface area (Å²) in [4.78, 5) is 65.2. The lowest BCUT2D eigenvalue weighted by molar-refractivity contribution is -0.688. The number of benzene rings is 1. The van der Waals surface area contributed by atoms with Crippen LogP contribution in [0.25, 0.3) is 0 Å². The summed E-state index contributed by atoms with van der Waals surface area (Å²) < 4.78 is 1.97. The molecule has 5 heterocycles. The van der Waals surface area contributed by atoms with Crippen LogP contribution in [0.3, 0.4) is 0 Å². The van der Waals surface area contributed by atoms with E-state index in [0.717, 1.165) is 53.0 Å². The number of likely N-dealkylation sites (tertiary alicyclic amines) is 1. The van der Waals surface area contributed by atoms with E-state index < -0.39 is 29.2 Å². The average molecular weight is 730 g/mol. The number of carbonyl (C=O) groups excluding carboxylic acids is 4. The Balaban J connectivity index is 1.01. The van der Waals surface area contributed by atoms with E-state index in [4.69, 9.17) is 10.6 Å². The molecule has 0 bridgehead atoms. The summed E-state index contributed by atoms with van der Waals surface area (Å²) in [6.07, 6.45) is 9.34. The van der Waals surface area contributed by atoms with E-state index in [0.29, 0.717) is 37.2 Å². The number of anilines is 1. The molecule has 0 unspecified atom stereocenters. The summed E-state index contributed by atoms with van der Waals surface area (Å²) in [6, 6.07) is 9.89. The number of nitrogens with zero attached hydrogens (tertiary/aromatic N) is 5. The van der Waals surface area contributed by atoms with Gasteiger partial charge >= 0.3 is 0 Å². The van der Waals surface area contributed by atoms with Crippen molar-refractivity contribution in [1.82, 2.24) is 20.1 Å².